The number of unbranched alkanes of at least 4 members (excludes halogenated alkanes) is 1. The second kappa shape index (κ2) is 19.8. The second-order valence-corrected chi connectivity index (χ2v) is 8.08. The molecular formula is C26H38Cl2N4O3. The van der Waals surface area contributed by atoms with Crippen LogP contribution >= 0.6 is 24.8 Å². The number of imide groups is 1. The first kappa shape index (κ1) is 32.6. The van der Waals surface area contributed by atoms with Gasteiger partial charge in [-0.3, -0.25) is 19.7 Å². The fourth-order valence-corrected chi connectivity index (χ4v) is 3.42. The van der Waals surface area contributed by atoms with E-state index in [2.05, 4.69) is 52.3 Å². The fourth-order valence-electron chi connectivity index (χ4n) is 3.42. The maximum absolute atomic E-state index is 12.1. The van der Waals surface area contributed by atoms with E-state index in [0.717, 1.165) is 31.2 Å². The van der Waals surface area contributed by atoms with Crippen molar-refractivity contribution < 1.29 is 14.4 Å². The van der Waals surface area contributed by atoms with Gasteiger partial charge in [-0.25, -0.2) is 0 Å². The van der Waals surface area contributed by atoms with E-state index in [1.165, 1.54) is 11.1 Å². The molecule has 35 heavy (non-hydrogen) atoms. The van der Waals surface area contributed by atoms with Crippen LogP contribution < -0.4 is 21.7 Å². The lowest BCUT2D eigenvalue weighted by atomic mass is 10.0. The van der Waals surface area contributed by atoms with E-state index < -0.39 is 0 Å². The number of nitrogens with two attached hydrogens (primary N) is 1. The highest BCUT2D eigenvalue weighted by atomic mass is 35.5. The molecule has 0 unspecified atom stereocenters. The predicted molar refractivity (Wildman–Crippen MR) is 145 cm³/mol. The normalized spacial score (nSPS) is 9.97. The maximum atomic E-state index is 12.1. The van der Waals surface area contributed by atoms with Crippen LogP contribution in [-0.2, 0) is 33.6 Å². The monoisotopic (exact) mass is 524 g/mol. The number of nitrogens with one attached hydrogen (secondary N) is 3. The summed E-state index contributed by atoms with van der Waals surface area (Å²) in [6, 6.07) is 18.5. The van der Waals surface area contributed by atoms with Gasteiger partial charge in [-0.2, -0.15) is 0 Å². The molecule has 0 aliphatic carbocycles. The minimum atomic E-state index is -0.328. The molecule has 7 nitrogen and oxygen atoms in total. The highest BCUT2D eigenvalue weighted by Gasteiger charge is 2.09. The molecule has 194 valence electrons. The van der Waals surface area contributed by atoms with Gasteiger partial charge in [0.1, 0.15) is 0 Å². The number of carbonyl (C=O) groups excluding carboxylic acids is 3. The summed E-state index contributed by atoms with van der Waals surface area (Å²) in [5.41, 5.74) is 8.84. The van der Waals surface area contributed by atoms with E-state index in [0.29, 0.717) is 26.1 Å². The van der Waals surface area contributed by atoms with Gasteiger partial charge in [0.2, 0.25) is 17.7 Å². The molecule has 0 bridgehead atoms. The fraction of sp³-hybridized carbons (Fsp3) is 0.423. The Kier molecular flexibility index (Phi) is 18.4. The van der Waals surface area contributed by atoms with Crippen LogP contribution in [0.25, 0.3) is 0 Å². The van der Waals surface area contributed by atoms with E-state index in [-0.39, 0.29) is 61.9 Å². The summed E-state index contributed by atoms with van der Waals surface area (Å²) in [6.07, 6.45) is 5.19. The van der Waals surface area contributed by atoms with Crippen LogP contribution in [0.1, 0.15) is 42.4 Å². The van der Waals surface area contributed by atoms with Crippen molar-refractivity contribution in [1.82, 2.24) is 16.0 Å². The molecule has 0 radical (unpaired) electrons. The number of rotatable bonds is 15. The zero-order chi connectivity index (χ0) is 23.7. The summed E-state index contributed by atoms with van der Waals surface area (Å²) in [6.45, 7) is 1.64. The standard InChI is InChI=1S/C26H36N4O3.2ClH/c27-16-18-28-20-26(33)29-17-6-11-24(31)30-25(32)19-23-14-12-22(13-15-23)10-5-4-9-21-7-2-1-3-8-21;;/h1-3,7-8,12-15,28H,4-6,9-11,16-20,27H2,(H,29,33)(H,30,31,32);2*1H. The minimum Gasteiger partial charge on any atom is -0.355 e. The molecule has 0 atom stereocenters. The lowest BCUT2D eigenvalue weighted by Crippen LogP contribution is -2.37. The number of carbonyl (C=O) groups is 3. The van der Waals surface area contributed by atoms with Crippen LogP contribution in [0.5, 0.6) is 0 Å². The molecular weight excluding hydrogens is 487 g/mol. The molecule has 0 fully saturated rings. The van der Waals surface area contributed by atoms with Crippen LogP contribution in [0.3, 0.4) is 0 Å². The lowest BCUT2D eigenvalue weighted by molar-refractivity contribution is -0.130. The molecule has 5 N–H and O–H groups in total. The van der Waals surface area contributed by atoms with Crippen LogP contribution in [0.2, 0.25) is 0 Å². The third-order valence-electron chi connectivity index (χ3n) is 5.20. The molecule has 9 heteroatoms. The predicted octanol–water partition coefficient (Wildman–Crippen LogP) is 2.73. The molecule has 0 aliphatic heterocycles. The van der Waals surface area contributed by atoms with E-state index >= 15 is 0 Å². The molecule has 2 rings (SSSR count). The summed E-state index contributed by atoms with van der Waals surface area (Å²) in [5.74, 6) is -0.782. The van der Waals surface area contributed by atoms with Gasteiger partial charge in [-0.15, -0.1) is 24.8 Å². The number of amides is 3. The second-order valence-electron chi connectivity index (χ2n) is 8.08. The Balaban J connectivity index is 0.00000578. The molecule has 0 saturated carbocycles. The Bertz CT molecular complexity index is 865. The Labute approximate surface area is 220 Å². The third kappa shape index (κ3) is 15.2. The van der Waals surface area contributed by atoms with E-state index in [1.54, 1.807) is 0 Å². The summed E-state index contributed by atoms with van der Waals surface area (Å²) >= 11 is 0. The molecule has 2 aromatic rings. The van der Waals surface area contributed by atoms with E-state index in [1.807, 2.05) is 18.2 Å². The van der Waals surface area contributed by atoms with Crippen molar-refractivity contribution in [3.05, 3.63) is 71.3 Å². The van der Waals surface area contributed by atoms with Gasteiger partial charge in [0.15, 0.2) is 0 Å². The number of halogens is 2. The highest BCUT2D eigenvalue weighted by Crippen LogP contribution is 2.11. The van der Waals surface area contributed by atoms with Gasteiger partial charge in [-0.05, 0) is 48.8 Å². The van der Waals surface area contributed by atoms with Crippen molar-refractivity contribution >= 4 is 42.5 Å². The first-order chi connectivity index (χ1) is 16.1. The van der Waals surface area contributed by atoms with Crippen molar-refractivity contribution in [3.8, 4) is 0 Å². The Morgan fingerprint density at radius 1 is 0.686 bits per heavy atom. The molecule has 3 amide bonds. The first-order valence-corrected chi connectivity index (χ1v) is 11.7. The van der Waals surface area contributed by atoms with Gasteiger partial charge >= 0.3 is 0 Å². The van der Waals surface area contributed by atoms with Crippen LogP contribution in [0, 0.1) is 0 Å². The summed E-state index contributed by atoms with van der Waals surface area (Å²) in [7, 11) is 0. The zero-order valence-corrected chi connectivity index (χ0v) is 21.7. The molecule has 2 aromatic carbocycles. The molecule has 0 aromatic heterocycles. The van der Waals surface area contributed by atoms with Gasteiger partial charge in [0, 0.05) is 26.1 Å². The van der Waals surface area contributed by atoms with Crippen molar-refractivity contribution in [1.29, 1.82) is 0 Å². The Morgan fingerprint density at radius 3 is 1.91 bits per heavy atom. The quantitative estimate of drug-likeness (QED) is 0.267. The van der Waals surface area contributed by atoms with Crippen molar-refractivity contribution in [3.63, 3.8) is 0 Å². The number of hydrogen-bond donors (Lipinski definition) is 4. The van der Waals surface area contributed by atoms with E-state index in [4.69, 9.17) is 5.73 Å². The van der Waals surface area contributed by atoms with E-state index in [9.17, 15) is 14.4 Å². The summed E-state index contributed by atoms with van der Waals surface area (Å²) in [5, 5.41) is 8.02. The lowest BCUT2D eigenvalue weighted by Gasteiger charge is -2.07. The van der Waals surface area contributed by atoms with Gasteiger partial charge < -0.3 is 16.4 Å². The van der Waals surface area contributed by atoms with Crippen molar-refractivity contribution in [2.24, 2.45) is 5.73 Å². The van der Waals surface area contributed by atoms with Crippen molar-refractivity contribution in [2.75, 3.05) is 26.2 Å². The van der Waals surface area contributed by atoms with Gasteiger partial charge in [0.25, 0.3) is 0 Å². The SMILES string of the molecule is Cl.Cl.NCCNCC(=O)NCCCC(=O)NC(=O)Cc1ccc(CCCCc2ccccc2)cc1. The summed E-state index contributed by atoms with van der Waals surface area (Å²) in [4.78, 5) is 35.6. The van der Waals surface area contributed by atoms with Crippen molar-refractivity contribution in [2.45, 2.75) is 44.9 Å². The maximum Gasteiger partial charge on any atom is 0.233 e. The Hall–Kier alpha value is -2.45. The average Bonchev–Trinajstić information content (AvgIpc) is 2.81. The van der Waals surface area contributed by atoms with Crippen LogP contribution in [-0.4, -0.2) is 43.9 Å². The number of aryl methyl sites for hydroxylation is 2. The zero-order valence-electron chi connectivity index (χ0n) is 20.1. The van der Waals surface area contributed by atoms with Gasteiger partial charge in [0.05, 0.1) is 13.0 Å². The van der Waals surface area contributed by atoms with Crippen LogP contribution in [0.4, 0.5) is 0 Å². The highest BCUT2D eigenvalue weighted by molar-refractivity contribution is 5.96. The molecule has 0 saturated heterocycles. The molecule has 0 spiro atoms. The average molecular weight is 526 g/mol. The third-order valence-corrected chi connectivity index (χ3v) is 5.20. The first-order valence-electron chi connectivity index (χ1n) is 11.7. The number of hydrogen-bond acceptors (Lipinski definition) is 5. The Morgan fingerprint density at radius 2 is 1.29 bits per heavy atom. The summed E-state index contributed by atoms with van der Waals surface area (Å²) < 4.78 is 0. The molecule has 0 heterocycles. The number of benzene rings is 2. The van der Waals surface area contributed by atoms with Crippen LogP contribution in [0.15, 0.2) is 54.6 Å². The largest absolute Gasteiger partial charge is 0.355 e. The topological polar surface area (TPSA) is 113 Å². The molecule has 0 aliphatic rings. The smallest absolute Gasteiger partial charge is 0.233 e. The van der Waals surface area contributed by atoms with Gasteiger partial charge in [-0.1, -0.05) is 54.6 Å². The minimum absolute atomic E-state index is 0.